The molecule has 0 heterocycles. The van der Waals surface area contributed by atoms with Crippen LogP contribution in [0.5, 0.6) is 0 Å². The molecule has 0 saturated carbocycles. The summed E-state index contributed by atoms with van der Waals surface area (Å²) in [5.74, 6) is -3.31. The molecule has 0 saturated heterocycles. The zero-order valence-electron chi connectivity index (χ0n) is 14.1. The van der Waals surface area contributed by atoms with Crippen LogP contribution in [0, 0.1) is 0 Å². The fraction of sp³-hybridized carbons (Fsp3) is 0.615. The van der Waals surface area contributed by atoms with Crippen molar-refractivity contribution in [2.45, 2.75) is 24.9 Å². The summed E-state index contributed by atoms with van der Waals surface area (Å²) in [4.78, 5) is 49.8. The second-order valence-corrected chi connectivity index (χ2v) is 5.50. The number of hydrogen-bond donors (Lipinski definition) is 8. The summed E-state index contributed by atoms with van der Waals surface area (Å²) in [5, 5.41) is 15.8. The molecule has 0 bridgehead atoms. The van der Waals surface area contributed by atoms with E-state index in [-0.39, 0.29) is 31.2 Å². The predicted octanol–water partition coefficient (Wildman–Crippen LogP) is -3.90. The third kappa shape index (κ3) is 10.4. The van der Waals surface area contributed by atoms with Crippen molar-refractivity contribution in [1.29, 1.82) is 0 Å². The van der Waals surface area contributed by atoms with E-state index in [0.717, 1.165) is 0 Å². The van der Waals surface area contributed by atoms with Crippen LogP contribution in [0.25, 0.3) is 0 Å². The predicted molar refractivity (Wildman–Crippen MR) is 97.3 cm³/mol. The molecule has 0 aromatic rings. The number of nitrogens with zero attached hydrogens (tertiary/aromatic N) is 1. The maximum absolute atomic E-state index is 12.2. The number of amides is 3. The fourth-order valence-electron chi connectivity index (χ4n) is 1.75. The lowest BCUT2D eigenvalue weighted by molar-refractivity contribution is -0.141. The van der Waals surface area contributed by atoms with Gasteiger partial charge in [-0.1, -0.05) is 0 Å². The molecular weight excluding hydrogens is 366 g/mol. The van der Waals surface area contributed by atoms with E-state index in [1.54, 1.807) is 0 Å². The fourth-order valence-corrected chi connectivity index (χ4v) is 1.99. The van der Waals surface area contributed by atoms with E-state index in [9.17, 15) is 19.2 Å². The molecule has 3 amide bonds. The SMILES string of the molecule is NCC(=O)NC(CCCN=C(N)N)C(=O)NCC(=O)NC(CS)C(=O)O. The van der Waals surface area contributed by atoms with Gasteiger partial charge in [0.1, 0.15) is 12.1 Å². The molecule has 0 aliphatic carbocycles. The summed E-state index contributed by atoms with van der Waals surface area (Å²) in [6.07, 6.45) is 0.609. The van der Waals surface area contributed by atoms with E-state index in [4.69, 9.17) is 22.3 Å². The first kappa shape index (κ1) is 23.5. The number of hydrogen-bond acceptors (Lipinski definition) is 7. The number of carbonyl (C=O) groups is 4. The van der Waals surface area contributed by atoms with Crippen molar-refractivity contribution in [3.8, 4) is 0 Å². The smallest absolute Gasteiger partial charge is 0.327 e. The molecule has 0 aliphatic rings. The van der Waals surface area contributed by atoms with Gasteiger partial charge in [0, 0.05) is 12.3 Å². The summed E-state index contributed by atoms with van der Waals surface area (Å²) in [7, 11) is 0. The summed E-state index contributed by atoms with van der Waals surface area (Å²) in [5.41, 5.74) is 15.6. The van der Waals surface area contributed by atoms with Gasteiger partial charge in [-0.25, -0.2) is 4.79 Å². The quantitative estimate of drug-likeness (QED) is 0.0710. The third-order valence-corrected chi connectivity index (χ3v) is 3.39. The molecule has 0 aromatic heterocycles. The molecular formula is C13H25N7O5S. The Morgan fingerprint density at radius 1 is 1.08 bits per heavy atom. The van der Waals surface area contributed by atoms with Gasteiger partial charge in [-0.3, -0.25) is 19.4 Å². The van der Waals surface area contributed by atoms with Crippen LogP contribution in [0.3, 0.4) is 0 Å². The average Bonchev–Trinajstić information content (AvgIpc) is 2.59. The van der Waals surface area contributed by atoms with Gasteiger partial charge in [-0.2, -0.15) is 12.6 Å². The lowest BCUT2D eigenvalue weighted by Crippen LogP contribution is -2.51. The minimum Gasteiger partial charge on any atom is -0.480 e. The lowest BCUT2D eigenvalue weighted by Gasteiger charge is -2.18. The summed E-state index contributed by atoms with van der Waals surface area (Å²) < 4.78 is 0. The van der Waals surface area contributed by atoms with Gasteiger partial charge < -0.3 is 38.3 Å². The molecule has 13 heteroatoms. The largest absolute Gasteiger partial charge is 0.480 e. The summed E-state index contributed by atoms with van der Waals surface area (Å²) >= 11 is 3.81. The Morgan fingerprint density at radius 3 is 2.19 bits per heavy atom. The molecule has 10 N–H and O–H groups in total. The minimum atomic E-state index is -1.24. The average molecular weight is 391 g/mol. The highest BCUT2D eigenvalue weighted by Crippen LogP contribution is 1.99. The molecule has 2 unspecified atom stereocenters. The molecule has 0 aliphatic heterocycles. The molecule has 26 heavy (non-hydrogen) atoms. The van der Waals surface area contributed by atoms with Gasteiger partial charge in [-0.05, 0) is 12.8 Å². The number of carboxylic acids is 1. The number of rotatable bonds is 12. The number of thiol groups is 1. The Balaban J connectivity index is 4.60. The van der Waals surface area contributed by atoms with Crippen molar-refractivity contribution in [1.82, 2.24) is 16.0 Å². The minimum absolute atomic E-state index is 0.0918. The zero-order valence-corrected chi connectivity index (χ0v) is 15.0. The van der Waals surface area contributed by atoms with Gasteiger partial charge in [0.15, 0.2) is 5.96 Å². The van der Waals surface area contributed by atoms with Crippen LogP contribution in [0.4, 0.5) is 0 Å². The molecule has 12 nitrogen and oxygen atoms in total. The van der Waals surface area contributed by atoms with Gasteiger partial charge in [0.2, 0.25) is 17.7 Å². The van der Waals surface area contributed by atoms with Crippen LogP contribution >= 0.6 is 12.6 Å². The Hall–Kier alpha value is -2.54. The second kappa shape index (κ2) is 12.8. The van der Waals surface area contributed by atoms with E-state index in [2.05, 4.69) is 33.6 Å². The maximum atomic E-state index is 12.2. The van der Waals surface area contributed by atoms with Crippen molar-refractivity contribution in [2.24, 2.45) is 22.2 Å². The van der Waals surface area contributed by atoms with Crippen LogP contribution in [0.15, 0.2) is 4.99 Å². The van der Waals surface area contributed by atoms with Crippen molar-refractivity contribution in [3.63, 3.8) is 0 Å². The lowest BCUT2D eigenvalue weighted by atomic mass is 10.1. The Kier molecular flexibility index (Phi) is 11.5. The van der Waals surface area contributed by atoms with Crippen LogP contribution in [0.1, 0.15) is 12.8 Å². The number of aliphatic imine (C=N–C) groups is 1. The van der Waals surface area contributed by atoms with Crippen molar-refractivity contribution < 1.29 is 24.3 Å². The van der Waals surface area contributed by atoms with Gasteiger partial charge >= 0.3 is 5.97 Å². The monoisotopic (exact) mass is 391 g/mol. The first-order chi connectivity index (χ1) is 12.2. The topological polar surface area (TPSA) is 215 Å². The Labute approximate surface area is 155 Å². The van der Waals surface area contributed by atoms with Gasteiger partial charge in [0.25, 0.3) is 0 Å². The number of carboxylic acid groups (broad SMARTS) is 1. The zero-order chi connectivity index (χ0) is 20.1. The molecule has 2 atom stereocenters. The second-order valence-electron chi connectivity index (χ2n) is 5.13. The van der Waals surface area contributed by atoms with E-state index >= 15 is 0 Å². The standard InChI is InChI=1S/C13H25N7O5S/c14-4-9(21)19-7(2-1-3-17-13(15)16)11(23)18-5-10(22)20-8(6-26)12(24)25/h7-8,26H,1-6,14H2,(H,18,23)(H,19,21)(H,20,22)(H,24,25)(H4,15,16,17). The normalized spacial score (nSPS) is 12.4. The van der Waals surface area contributed by atoms with Crippen LogP contribution in [-0.2, 0) is 19.2 Å². The number of carbonyl (C=O) groups excluding carboxylic acids is 3. The van der Waals surface area contributed by atoms with Gasteiger partial charge in [0.05, 0.1) is 13.1 Å². The van der Waals surface area contributed by atoms with Crippen LogP contribution < -0.4 is 33.2 Å². The number of aliphatic carboxylic acids is 1. The summed E-state index contributed by atoms with van der Waals surface area (Å²) in [6.45, 7) is -0.507. The van der Waals surface area contributed by atoms with Crippen LogP contribution in [-0.4, -0.2) is 72.2 Å². The first-order valence-electron chi connectivity index (χ1n) is 7.66. The third-order valence-electron chi connectivity index (χ3n) is 3.02. The highest BCUT2D eigenvalue weighted by atomic mass is 32.1. The molecule has 148 valence electrons. The molecule has 0 radical (unpaired) electrons. The number of nitrogens with two attached hydrogens (primary N) is 3. The number of guanidine groups is 1. The number of nitrogens with one attached hydrogen (secondary N) is 3. The van der Waals surface area contributed by atoms with Gasteiger partial charge in [-0.15, -0.1) is 0 Å². The molecule has 0 aromatic carbocycles. The van der Waals surface area contributed by atoms with Crippen molar-refractivity contribution >= 4 is 42.3 Å². The highest BCUT2D eigenvalue weighted by Gasteiger charge is 2.22. The van der Waals surface area contributed by atoms with E-state index in [0.29, 0.717) is 6.42 Å². The first-order valence-corrected chi connectivity index (χ1v) is 8.30. The maximum Gasteiger partial charge on any atom is 0.327 e. The Bertz CT molecular complexity index is 539. The molecule has 0 spiro atoms. The Morgan fingerprint density at radius 2 is 1.69 bits per heavy atom. The van der Waals surface area contributed by atoms with Crippen LogP contribution in [0.2, 0.25) is 0 Å². The van der Waals surface area contributed by atoms with Crippen molar-refractivity contribution in [2.75, 3.05) is 25.4 Å². The molecule has 0 fully saturated rings. The highest BCUT2D eigenvalue weighted by molar-refractivity contribution is 7.80. The van der Waals surface area contributed by atoms with E-state index in [1.807, 2.05) is 0 Å². The van der Waals surface area contributed by atoms with E-state index in [1.165, 1.54) is 0 Å². The summed E-state index contributed by atoms with van der Waals surface area (Å²) in [6, 6.07) is -2.11. The van der Waals surface area contributed by atoms with Crippen molar-refractivity contribution in [3.05, 3.63) is 0 Å². The molecule has 0 rings (SSSR count). The van der Waals surface area contributed by atoms with E-state index < -0.39 is 42.3 Å².